The predicted octanol–water partition coefficient (Wildman–Crippen LogP) is 2.45. The van der Waals surface area contributed by atoms with Gasteiger partial charge in [-0.15, -0.1) is 0 Å². The lowest BCUT2D eigenvalue weighted by Gasteiger charge is -2.21. The Morgan fingerprint density at radius 1 is 1.47 bits per heavy atom. The molecule has 2 N–H and O–H groups in total. The number of carbonyl (C=O) groups excluding carboxylic acids is 1. The summed E-state index contributed by atoms with van der Waals surface area (Å²) in [5.41, 5.74) is 1.63. The van der Waals surface area contributed by atoms with Crippen LogP contribution in [0.2, 0.25) is 0 Å². The standard InChI is InChI=1S/C15H22N2O2/c1-4-10(2)17-11(3)15(18)12-5-6-14-13(9-12)16-7-8-19-14/h5-6,9-11,16-17H,4,7-8H2,1-3H3. The largest absolute Gasteiger partial charge is 0.490 e. The number of rotatable bonds is 5. The number of fused-ring (bicyclic) bond motifs is 1. The minimum atomic E-state index is -0.169. The van der Waals surface area contributed by atoms with E-state index < -0.39 is 0 Å². The van der Waals surface area contributed by atoms with E-state index in [0.717, 1.165) is 30.0 Å². The van der Waals surface area contributed by atoms with Crippen molar-refractivity contribution < 1.29 is 9.53 Å². The van der Waals surface area contributed by atoms with Gasteiger partial charge in [0.15, 0.2) is 5.78 Å². The topological polar surface area (TPSA) is 50.4 Å². The number of Topliss-reactive ketones (excluding diaryl/α,β-unsaturated/α-hetero) is 1. The molecule has 4 heteroatoms. The molecule has 0 saturated heterocycles. The van der Waals surface area contributed by atoms with Crippen LogP contribution in [0.5, 0.6) is 5.75 Å². The molecule has 0 aromatic heterocycles. The van der Waals surface area contributed by atoms with Crippen LogP contribution in [0.4, 0.5) is 5.69 Å². The number of ether oxygens (including phenoxy) is 1. The molecule has 2 rings (SSSR count). The monoisotopic (exact) mass is 262 g/mol. The molecule has 104 valence electrons. The molecule has 1 aromatic carbocycles. The second-order valence-electron chi connectivity index (χ2n) is 5.05. The number of carbonyl (C=O) groups is 1. The molecule has 4 nitrogen and oxygen atoms in total. The maximum absolute atomic E-state index is 12.4. The first-order valence-electron chi connectivity index (χ1n) is 6.92. The normalized spacial score (nSPS) is 16.8. The Kier molecular flexibility index (Phi) is 4.43. The summed E-state index contributed by atoms with van der Waals surface area (Å²) in [5.74, 6) is 0.945. The Morgan fingerprint density at radius 3 is 3.00 bits per heavy atom. The van der Waals surface area contributed by atoms with Gasteiger partial charge in [0.1, 0.15) is 12.4 Å². The maximum atomic E-state index is 12.4. The van der Waals surface area contributed by atoms with Gasteiger partial charge in [0.2, 0.25) is 0 Å². The van der Waals surface area contributed by atoms with Crippen LogP contribution < -0.4 is 15.4 Å². The van der Waals surface area contributed by atoms with Gasteiger partial charge in [-0.05, 0) is 38.5 Å². The van der Waals surface area contributed by atoms with Crippen LogP contribution in [0, 0.1) is 0 Å². The molecule has 19 heavy (non-hydrogen) atoms. The lowest BCUT2D eigenvalue weighted by molar-refractivity contribution is 0.0945. The van der Waals surface area contributed by atoms with E-state index in [4.69, 9.17) is 4.74 Å². The maximum Gasteiger partial charge on any atom is 0.179 e. The Morgan fingerprint density at radius 2 is 2.26 bits per heavy atom. The van der Waals surface area contributed by atoms with Gasteiger partial charge in [0.05, 0.1) is 11.7 Å². The number of hydrogen-bond acceptors (Lipinski definition) is 4. The van der Waals surface area contributed by atoms with Gasteiger partial charge in [-0.2, -0.15) is 0 Å². The molecule has 1 aliphatic rings. The second kappa shape index (κ2) is 6.06. The molecule has 0 saturated carbocycles. The van der Waals surface area contributed by atoms with Crippen molar-refractivity contribution in [3.63, 3.8) is 0 Å². The second-order valence-corrected chi connectivity index (χ2v) is 5.05. The average molecular weight is 262 g/mol. The van der Waals surface area contributed by atoms with E-state index in [2.05, 4.69) is 24.5 Å². The van der Waals surface area contributed by atoms with Crippen molar-refractivity contribution in [3.8, 4) is 5.75 Å². The first-order valence-corrected chi connectivity index (χ1v) is 6.92. The van der Waals surface area contributed by atoms with Gasteiger partial charge in [0.25, 0.3) is 0 Å². The molecular formula is C15H22N2O2. The SMILES string of the molecule is CCC(C)NC(C)C(=O)c1ccc2c(c1)NCCO2. The summed E-state index contributed by atoms with van der Waals surface area (Å²) in [5, 5.41) is 6.56. The zero-order valence-corrected chi connectivity index (χ0v) is 11.8. The fraction of sp³-hybridized carbons (Fsp3) is 0.533. The molecule has 0 bridgehead atoms. The summed E-state index contributed by atoms with van der Waals surface area (Å²) in [7, 11) is 0. The van der Waals surface area contributed by atoms with Crippen molar-refractivity contribution in [3.05, 3.63) is 23.8 Å². The van der Waals surface area contributed by atoms with Crippen molar-refractivity contribution in [1.82, 2.24) is 5.32 Å². The van der Waals surface area contributed by atoms with E-state index in [9.17, 15) is 4.79 Å². The highest BCUT2D eigenvalue weighted by atomic mass is 16.5. The number of anilines is 1. The molecule has 1 aliphatic heterocycles. The van der Waals surface area contributed by atoms with Gasteiger partial charge < -0.3 is 15.4 Å². The van der Waals surface area contributed by atoms with Crippen LogP contribution in [0.15, 0.2) is 18.2 Å². The molecule has 1 heterocycles. The highest BCUT2D eigenvalue weighted by Crippen LogP contribution is 2.28. The Hall–Kier alpha value is -1.55. The third kappa shape index (κ3) is 3.26. The van der Waals surface area contributed by atoms with Gasteiger partial charge in [-0.25, -0.2) is 0 Å². The summed E-state index contributed by atoms with van der Waals surface area (Å²) >= 11 is 0. The molecule has 0 aliphatic carbocycles. The van der Waals surface area contributed by atoms with Crippen LogP contribution in [-0.4, -0.2) is 31.0 Å². The molecular weight excluding hydrogens is 240 g/mol. The van der Waals surface area contributed by atoms with Crippen molar-refractivity contribution in [2.24, 2.45) is 0 Å². The zero-order valence-electron chi connectivity index (χ0n) is 11.8. The number of benzene rings is 1. The first kappa shape index (κ1) is 13.9. The highest BCUT2D eigenvalue weighted by molar-refractivity contribution is 6.01. The van der Waals surface area contributed by atoms with Crippen LogP contribution in [0.1, 0.15) is 37.6 Å². The number of nitrogens with one attached hydrogen (secondary N) is 2. The molecule has 0 fully saturated rings. The lowest BCUT2D eigenvalue weighted by Crippen LogP contribution is -2.39. The third-order valence-corrected chi connectivity index (χ3v) is 3.48. The number of hydrogen-bond donors (Lipinski definition) is 2. The Labute approximate surface area is 114 Å². The van der Waals surface area contributed by atoms with Gasteiger partial charge >= 0.3 is 0 Å². The van der Waals surface area contributed by atoms with Crippen LogP contribution in [0.3, 0.4) is 0 Å². The Balaban J connectivity index is 2.10. The van der Waals surface area contributed by atoms with Crippen molar-refractivity contribution in [1.29, 1.82) is 0 Å². The Bertz CT molecular complexity index is 459. The first-order chi connectivity index (χ1) is 9.11. The molecule has 1 aromatic rings. The van der Waals surface area contributed by atoms with Crippen LogP contribution in [-0.2, 0) is 0 Å². The predicted molar refractivity (Wildman–Crippen MR) is 77.1 cm³/mol. The molecule has 0 radical (unpaired) electrons. The van der Waals surface area contributed by atoms with Crippen LogP contribution >= 0.6 is 0 Å². The average Bonchev–Trinajstić information content (AvgIpc) is 2.45. The minimum absolute atomic E-state index is 0.121. The zero-order chi connectivity index (χ0) is 13.8. The fourth-order valence-corrected chi connectivity index (χ4v) is 2.16. The lowest BCUT2D eigenvalue weighted by atomic mass is 10.0. The van der Waals surface area contributed by atoms with Gasteiger partial charge in [0, 0.05) is 18.2 Å². The van der Waals surface area contributed by atoms with Crippen molar-refractivity contribution >= 4 is 11.5 Å². The van der Waals surface area contributed by atoms with Crippen LogP contribution in [0.25, 0.3) is 0 Å². The summed E-state index contributed by atoms with van der Waals surface area (Å²) in [6, 6.07) is 5.76. The van der Waals surface area contributed by atoms with E-state index in [1.807, 2.05) is 25.1 Å². The van der Waals surface area contributed by atoms with E-state index in [1.165, 1.54) is 0 Å². The fourth-order valence-electron chi connectivity index (χ4n) is 2.16. The van der Waals surface area contributed by atoms with Crippen molar-refractivity contribution in [2.45, 2.75) is 39.3 Å². The summed E-state index contributed by atoms with van der Waals surface area (Å²) in [6.45, 7) is 7.57. The quantitative estimate of drug-likeness (QED) is 0.800. The third-order valence-electron chi connectivity index (χ3n) is 3.48. The van der Waals surface area contributed by atoms with Gasteiger partial charge in [-0.3, -0.25) is 4.79 Å². The molecule has 0 amide bonds. The van der Waals surface area contributed by atoms with E-state index >= 15 is 0 Å². The van der Waals surface area contributed by atoms with Crippen molar-refractivity contribution in [2.75, 3.05) is 18.5 Å². The summed E-state index contributed by atoms with van der Waals surface area (Å²) in [6.07, 6.45) is 1.01. The molecule has 2 unspecified atom stereocenters. The van der Waals surface area contributed by atoms with Gasteiger partial charge in [-0.1, -0.05) is 6.92 Å². The molecule has 2 atom stereocenters. The van der Waals surface area contributed by atoms with E-state index in [1.54, 1.807) is 0 Å². The smallest absolute Gasteiger partial charge is 0.179 e. The summed E-state index contributed by atoms with van der Waals surface area (Å²) in [4.78, 5) is 12.4. The van der Waals surface area contributed by atoms with E-state index in [-0.39, 0.29) is 11.8 Å². The molecule has 0 spiro atoms. The number of ketones is 1. The highest BCUT2D eigenvalue weighted by Gasteiger charge is 2.19. The van der Waals surface area contributed by atoms with E-state index in [0.29, 0.717) is 12.6 Å². The minimum Gasteiger partial charge on any atom is -0.490 e. The summed E-state index contributed by atoms with van der Waals surface area (Å²) < 4.78 is 5.51.